The predicted molar refractivity (Wildman–Crippen MR) is 56.2 cm³/mol. The van der Waals surface area contributed by atoms with Crippen LogP contribution in [0.15, 0.2) is 12.3 Å². The number of hydrogen-bond donors (Lipinski definition) is 0. The van der Waals surface area contributed by atoms with Crippen molar-refractivity contribution in [2.45, 2.75) is 18.9 Å². The van der Waals surface area contributed by atoms with Crippen molar-refractivity contribution < 1.29 is 4.79 Å². The molecule has 1 aliphatic rings. The Bertz CT molecular complexity index is 545. The fraction of sp³-hybridized carbons (Fsp3) is 0.300. The number of carbonyl (C=O) groups excluding carboxylic acids is 1. The van der Waals surface area contributed by atoms with Crippen LogP contribution in [-0.4, -0.2) is 20.8 Å². The minimum atomic E-state index is 0.222. The van der Waals surface area contributed by atoms with Gasteiger partial charge in [-0.1, -0.05) is 0 Å². The van der Waals surface area contributed by atoms with E-state index in [0.717, 1.165) is 30.2 Å². The highest BCUT2D eigenvalue weighted by atomic mass is 35.5. The fourth-order valence-corrected chi connectivity index (χ4v) is 1.94. The smallest absolute Gasteiger partial charge is 0.224 e. The van der Waals surface area contributed by atoms with E-state index in [1.165, 1.54) is 0 Å². The molecule has 0 radical (unpaired) electrons. The molecule has 0 N–H and O–H groups in total. The van der Waals surface area contributed by atoms with Crippen LogP contribution < -0.4 is 0 Å². The molecule has 0 saturated heterocycles. The summed E-state index contributed by atoms with van der Waals surface area (Å²) in [5.41, 5.74) is 1.42. The lowest BCUT2D eigenvalue weighted by molar-refractivity contribution is 0.111. The molecule has 1 aliphatic carbocycles. The van der Waals surface area contributed by atoms with E-state index in [9.17, 15) is 4.79 Å². The lowest BCUT2D eigenvalue weighted by Crippen LogP contribution is -2.00. The molecule has 0 unspecified atom stereocenters. The summed E-state index contributed by atoms with van der Waals surface area (Å²) in [5, 5.41) is 1.09. The zero-order valence-electron chi connectivity index (χ0n) is 7.85. The molecule has 1 fully saturated rings. The first kappa shape index (κ1) is 8.85. The lowest BCUT2D eigenvalue weighted by Gasteiger charge is -2.03. The van der Waals surface area contributed by atoms with Gasteiger partial charge in [0.25, 0.3) is 0 Å². The normalized spacial score (nSPS) is 15.8. The van der Waals surface area contributed by atoms with Crippen LogP contribution in [0.1, 0.15) is 29.4 Å². The van der Waals surface area contributed by atoms with Crippen molar-refractivity contribution in [2.24, 2.45) is 0 Å². The number of rotatable bonds is 2. The van der Waals surface area contributed by atoms with Crippen LogP contribution >= 0.6 is 11.6 Å². The number of aromatic nitrogens is 3. The van der Waals surface area contributed by atoms with E-state index >= 15 is 0 Å². The molecule has 2 aromatic heterocycles. The third kappa shape index (κ3) is 1.33. The van der Waals surface area contributed by atoms with Crippen LogP contribution in [0.4, 0.5) is 0 Å². The van der Waals surface area contributed by atoms with E-state index in [4.69, 9.17) is 11.6 Å². The first-order valence-electron chi connectivity index (χ1n) is 4.78. The second-order valence-electron chi connectivity index (χ2n) is 3.71. The molecule has 76 valence electrons. The van der Waals surface area contributed by atoms with Crippen molar-refractivity contribution in [3.05, 3.63) is 23.2 Å². The molecule has 3 rings (SSSR count). The minimum Gasteiger partial charge on any atom is -0.320 e. The molecule has 5 heteroatoms. The monoisotopic (exact) mass is 221 g/mol. The maximum atomic E-state index is 10.9. The van der Waals surface area contributed by atoms with Gasteiger partial charge in [0, 0.05) is 17.6 Å². The minimum absolute atomic E-state index is 0.222. The number of nitrogens with zero attached hydrogens (tertiary/aromatic N) is 3. The van der Waals surface area contributed by atoms with Gasteiger partial charge >= 0.3 is 0 Å². The van der Waals surface area contributed by atoms with Gasteiger partial charge in [-0.2, -0.15) is 4.98 Å². The molecule has 1 saturated carbocycles. The van der Waals surface area contributed by atoms with Crippen LogP contribution in [0.2, 0.25) is 5.28 Å². The van der Waals surface area contributed by atoms with Crippen molar-refractivity contribution >= 4 is 28.9 Å². The molecular formula is C10H8ClN3O. The van der Waals surface area contributed by atoms with Gasteiger partial charge in [0.05, 0.1) is 5.69 Å². The predicted octanol–water partition coefficient (Wildman–Crippen LogP) is 2.23. The topological polar surface area (TPSA) is 47.8 Å². The van der Waals surface area contributed by atoms with Crippen LogP contribution in [0, 0.1) is 0 Å². The molecule has 2 aromatic rings. The Balaban J connectivity index is 2.34. The first-order chi connectivity index (χ1) is 7.29. The number of aldehydes is 1. The summed E-state index contributed by atoms with van der Waals surface area (Å²) in [6, 6.07) is 2.21. The van der Waals surface area contributed by atoms with Gasteiger partial charge in [0.15, 0.2) is 6.29 Å². The third-order valence-corrected chi connectivity index (χ3v) is 2.79. The van der Waals surface area contributed by atoms with E-state index < -0.39 is 0 Å². The molecule has 0 spiro atoms. The summed E-state index contributed by atoms with van der Waals surface area (Å²) < 4.78 is 1.95. The highest BCUT2D eigenvalue weighted by molar-refractivity contribution is 6.28. The molecule has 0 atom stereocenters. The Labute approximate surface area is 90.9 Å². The van der Waals surface area contributed by atoms with Crippen LogP contribution in [0.5, 0.6) is 0 Å². The summed E-state index contributed by atoms with van der Waals surface area (Å²) in [4.78, 5) is 19.0. The second-order valence-corrected chi connectivity index (χ2v) is 4.04. The van der Waals surface area contributed by atoms with Gasteiger partial charge in [0.1, 0.15) is 5.65 Å². The van der Waals surface area contributed by atoms with Gasteiger partial charge in [0.2, 0.25) is 5.28 Å². The zero-order chi connectivity index (χ0) is 10.4. The van der Waals surface area contributed by atoms with Gasteiger partial charge in [-0.25, -0.2) is 4.98 Å². The Morgan fingerprint density at radius 3 is 3.00 bits per heavy atom. The van der Waals surface area contributed by atoms with E-state index in [0.29, 0.717) is 11.7 Å². The first-order valence-corrected chi connectivity index (χ1v) is 5.16. The van der Waals surface area contributed by atoms with E-state index in [2.05, 4.69) is 9.97 Å². The van der Waals surface area contributed by atoms with Gasteiger partial charge in [-0.15, -0.1) is 0 Å². The van der Waals surface area contributed by atoms with Crippen molar-refractivity contribution in [3.8, 4) is 0 Å². The third-order valence-electron chi connectivity index (χ3n) is 2.61. The standard InChI is InChI=1S/C10H8ClN3O/c11-10-12-4-6-3-8(5-15)14(7-1-2-7)9(6)13-10/h3-5,7H,1-2H2. The summed E-state index contributed by atoms with van der Waals surface area (Å²) in [5.74, 6) is 0. The molecule has 0 bridgehead atoms. The van der Waals surface area contributed by atoms with Gasteiger partial charge in [-0.3, -0.25) is 4.79 Å². The maximum Gasteiger partial charge on any atom is 0.224 e. The SMILES string of the molecule is O=Cc1cc2cnc(Cl)nc2n1C1CC1. The van der Waals surface area contributed by atoms with Gasteiger partial charge < -0.3 is 4.57 Å². The Morgan fingerprint density at radius 2 is 2.33 bits per heavy atom. The molecule has 4 nitrogen and oxygen atoms in total. The summed E-state index contributed by atoms with van der Waals surface area (Å²) in [6.07, 6.45) is 4.71. The van der Waals surface area contributed by atoms with Crippen molar-refractivity contribution in [1.82, 2.24) is 14.5 Å². The van der Waals surface area contributed by atoms with Crippen molar-refractivity contribution in [3.63, 3.8) is 0 Å². The van der Waals surface area contributed by atoms with E-state index in [1.54, 1.807) is 12.3 Å². The number of carbonyl (C=O) groups is 1. The number of hydrogen-bond acceptors (Lipinski definition) is 3. The molecule has 15 heavy (non-hydrogen) atoms. The molecular weight excluding hydrogens is 214 g/mol. The van der Waals surface area contributed by atoms with Crippen LogP contribution in [0.25, 0.3) is 11.0 Å². The Morgan fingerprint density at radius 1 is 1.53 bits per heavy atom. The highest BCUT2D eigenvalue weighted by Gasteiger charge is 2.27. The second kappa shape index (κ2) is 3.03. The largest absolute Gasteiger partial charge is 0.320 e. The Kier molecular flexibility index (Phi) is 1.79. The number of fused-ring (bicyclic) bond motifs is 1. The lowest BCUT2D eigenvalue weighted by atomic mass is 10.4. The van der Waals surface area contributed by atoms with E-state index in [-0.39, 0.29) is 5.28 Å². The number of halogens is 1. The zero-order valence-corrected chi connectivity index (χ0v) is 8.61. The Hall–Kier alpha value is -1.42. The summed E-state index contributed by atoms with van der Waals surface area (Å²) in [7, 11) is 0. The summed E-state index contributed by atoms with van der Waals surface area (Å²) >= 11 is 5.74. The average molecular weight is 222 g/mol. The fourth-order valence-electron chi connectivity index (χ4n) is 1.81. The van der Waals surface area contributed by atoms with Crippen LogP contribution in [-0.2, 0) is 0 Å². The molecule has 0 aliphatic heterocycles. The van der Waals surface area contributed by atoms with Gasteiger partial charge in [-0.05, 0) is 30.5 Å². The molecule has 0 amide bonds. The molecule has 0 aromatic carbocycles. The van der Waals surface area contributed by atoms with Crippen molar-refractivity contribution in [2.75, 3.05) is 0 Å². The van der Waals surface area contributed by atoms with E-state index in [1.807, 2.05) is 4.57 Å². The summed E-state index contributed by atoms with van der Waals surface area (Å²) in [6.45, 7) is 0. The quantitative estimate of drug-likeness (QED) is 0.577. The maximum absolute atomic E-state index is 10.9. The average Bonchev–Trinajstić information content (AvgIpc) is 2.99. The molecule has 2 heterocycles. The van der Waals surface area contributed by atoms with Crippen LogP contribution in [0.3, 0.4) is 0 Å². The van der Waals surface area contributed by atoms with Crippen molar-refractivity contribution in [1.29, 1.82) is 0 Å². The highest BCUT2D eigenvalue weighted by Crippen LogP contribution is 2.38.